The molecule has 1 aromatic heterocycles. The van der Waals surface area contributed by atoms with Crippen LogP contribution in [0.15, 0.2) is 48.5 Å². The number of benzene rings is 2. The number of carbonyl (C=O) groups excluding carboxylic acids is 1. The second-order valence-electron chi connectivity index (χ2n) is 8.61. The van der Waals surface area contributed by atoms with E-state index >= 15 is 0 Å². The molecule has 1 saturated heterocycles. The van der Waals surface area contributed by atoms with Gasteiger partial charge in [0.05, 0.1) is 36.0 Å². The molecule has 2 aromatic carbocycles. The quantitative estimate of drug-likeness (QED) is 0.585. The van der Waals surface area contributed by atoms with Gasteiger partial charge < -0.3 is 14.5 Å². The van der Waals surface area contributed by atoms with Crippen molar-refractivity contribution >= 4 is 23.3 Å². The summed E-state index contributed by atoms with van der Waals surface area (Å²) in [6.45, 7) is 6.11. The van der Waals surface area contributed by atoms with Gasteiger partial charge in [0, 0.05) is 38.0 Å². The maximum atomic E-state index is 13.2. The zero-order chi connectivity index (χ0) is 22.8. The number of aromatic nitrogens is 2. The monoisotopic (exact) mass is 462 g/mol. The maximum absolute atomic E-state index is 13.2. The highest BCUT2D eigenvalue weighted by Gasteiger charge is 2.29. The van der Waals surface area contributed by atoms with Crippen molar-refractivity contribution < 1.29 is 9.53 Å². The van der Waals surface area contributed by atoms with Gasteiger partial charge in [-0.2, -0.15) is 0 Å². The van der Waals surface area contributed by atoms with Gasteiger partial charge in [0.15, 0.2) is 0 Å². The fourth-order valence-electron chi connectivity index (χ4n) is 4.55. The van der Waals surface area contributed by atoms with Crippen LogP contribution in [0.5, 0.6) is 0 Å². The van der Waals surface area contributed by atoms with Crippen molar-refractivity contribution in [2.24, 2.45) is 0 Å². The van der Waals surface area contributed by atoms with Gasteiger partial charge in [-0.25, -0.2) is 9.97 Å². The highest BCUT2D eigenvalue weighted by Crippen LogP contribution is 2.29. The van der Waals surface area contributed by atoms with E-state index < -0.39 is 0 Å². The van der Waals surface area contributed by atoms with Crippen LogP contribution >= 0.6 is 11.6 Å². The number of fused-ring (bicyclic) bond motifs is 1. The van der Waals surface area contributed by atoms with E-state index in [2.05, 4.69) is 36.1 Å². The fourth-order valence-corrected chi connectivity index (χ4v) is 4.76. The van der Waals surface area contributed by atoms with Gasteiger partial charge in [-0.15, -0.1) is 0 Å². The fraction of sp³-hybridized carbons (Fsp3) is 0.346. The van der Waals surface area contributed by atoms with Gasteiger partial charge in [0.25, 0.3) is 5.91 Å². The molecular formula is C26H27ClN4O2. The topological polar surface area (TPSA) is 58.6 Å². The molecule has 5 rings (SSSR count). The summed E-state index contributed by atoms with van der Waals surface area (Å²) < 4.78 is 5.57. The molecule has 0 spiro atoms. The van der Waals surface area contributed by atoms with Crippen LogP contribution in [-0.4, -0.2) is 53.6 Å². The molecule has 1 amide bonds. The number of hydrogen-bond donors (Lipinski definition) is 0. The normalized spacial score (nSPS) is 15.9. The number of aryl methyl sites for hydroxylation is 1. The van der Waals surface area contributed by atoms with Crippen LogP contribution in [0.1, 0.15) is 38.6 Å². The Kier molecular flexibility index (Phi) is 6.29. The smallest absolute Gasteiger partial charge is 0.255 e. The van der Waals surface area contributed by atoms with Crippen molar-refractivity contribution in [1.82, 2.24) is 14.9 Å². The number of carbonyl (C=O) groups is 1. The van der Waals surface area contributed by atoms with Crippen molar-refractivity contribution in [2.75, 3.05) is 37.7 Å². The maximum Gasteiger partial charge on any atom is 0.255 e. The lowest BCUT2D eigenvalue weighted by Gasteiger charge is -2.34. The molecule has 6 nitrogen and oxygen atoms in total. The summed E-state index contributed by atoms with van der Waals surface area (Å²) in [6, 6.07) is 15.7. The number of nitrogens with zero attached hydrogens (tertiary/aromatic N) is 4. The van der Waals surface area contributed by atoms with Crippen molar-refractivity contribution in [3.63, 3.8) is 0 Å². The third kappa shape index (κ3) is 4.72. The van der Waals surface area contributed by atoms with E-state index in [4.69, 9.17) is 26.3 Å². The summed E-state index contributed by atoms with van der Waals surface area (Å²) in [7, 11) is 0. The average Bonchev–Trinajstić information content (AvgIpc) is 2.84. The third-order valence-corrected chi connectivity index (χ3v) is 6.56. The van der Waals surface area contributed by atoms with Crippen LogP contribution in [0, 0.1) is 6.92 Å². The van der Waals surface area contributed by atoms with E-state index in [1.54, 1.807) is 12.1 Å². The predicted octanol–water partition coefficient (Wildman–Crippen LogP) is 4.06. The lowest BCUT2D eigenvalue weighted by molar-refractivity contribution is 0.0733. The Morgan fingerprint density at radius 2 is 1.88 bits per heavy atom. The van der Waals surface area contributed by atoms with Crippen molar-refractivity contribution in [3.05, 3.63) is 87.3 Å². The molecule has 0 aliphatic carbocycles. The van der Waals surface area contributed by atoms with Gasteiger partial charge in [-0.3, -0.25) is 4.79 Å². The summed E-state index contributed by atoms with van der Waals surface area (Å²) in [5, 5.41) is 0.478. The molecule has 0 N–H and O–H groups in total. The predicted molar refractivity (Wildman–Crippen MR) is 129 cm³/mol. The molecule has 0 unspecified atom stereocenters. The summed E-state index contributed by atoms with van der Waals surface area (Å²) in [6.07, 6.45) is 1.39. The molecule has 0 radical (unpaired) electrons. The molecule has 1 fully saturated rings. The lowest BCUT2D eigenvalue weighted by Crippen LogP contribution is -2.41. The summed E-state index contributed by atoms with van der Waals surface area (Å²) in [5.74, 6) is 1.71. The zero-order valence-corrected chi connectivity index (χ0v) is 19.5. The Balaban J connectivity index is 1.48. The van der Waals surface area contributed by atoms with E-state index in [9.17, 15) is 4.79 Å². The Labute approximate surface area is 199 Å². The number of anilines is 1. The molecular weight excluding hydrogens is 436 g/mol. The molecule has 3 heterocycles. The van der Waals surface area contributed by atoms with E-state index in [-0.39, 0.29) is 5.91 Å². The summed E-state index contributed by atoms with van der Waals surface area (Å²) in [4.78, 5) is 27.3. The summed E-state index contributed by atoms with van der Waals surface area (Å²) >= 11 is 6.31. The molecule has 2 aliphatic rings. The van der Waals surface area contributed by atoms with Crippen molar-refractivity contribution in [1.29, 1.82) is 0 Å². The van der Waals surface area contributed by atoms with Crippen LogP contribution in [0.3, 0.4) is 0 Å². The number of rotatable bonds is 4. The molecule has 33 heavy (non-hydrogen) atoms. The van der Waals surface area contributed by atoms with Gasteiger partial charge in [-0.1, -0.05) is 53.6 Å². The average molecular weight is 463 g/mol. The van der Waals surface area contributed by atoms with E-state index in [1.807, 2.05) is 17.0 Å². The van der Waals surface area contributed by atoms with Crippen LogP contribution in [-0.2, 0) is 24.1 Å². The lowest BCUT2D eigenvalue weighted by atomic mass is 10.0. The highest BCUT2D eigenvalue weighted by atomic mass is 35.5. The molecule has 170 valence electrons. The molecule has 7 heteroatoms. The molecule has 2 aliphatic heterocycles. The van der Waals surface area contributed by atoms with Crippen LogP contribution in [0.2, 0.25) is 5.02 Å². The largest absolute Gasteiger partial charge is 0.378 e. The van der Waals surface area contributed by atoms with E-state index in [0.29, 0.717) is 49.7 Å². The first-order valence-corrected chi connectivity index (χ1v) is 11.8. The summed E-state index contributed by atoms with van der Waals surface area (Å²) in [5.41, 5.74) is 5.04. The molecule has 0 saturated carbocycles. The number of halogens is 1. The molecule has 3 aromatic rings. The number of morpholine rings is 1. The van der Waals surface area contributed by atoms with Crippen LogP contribution < -0.4 is 4.90 Å². The minimum absolute atomic E-state index is 0.0528. The third-order valence-electron chi connectivity index (χ3n) is 6.23. The standard InChI is InChI=1S/C26H27ClN4O2/c1-18-5-4-6-19(15-18)16-24-28-23-9-10-31(26(32)20-7-2-3-8-22(20)27)17-21(23)25(29-24)30-11-13-33-14-12-30/h2-8,15H,9-14,16-17H2,1H3. The minimum atomic E-state index is -0.0528. The molecule has 0 bridgehead atoms. The second kappa shape index (κ2) is 9.49. The van der Waals surface area contributed by atoms with Crippen molar-refractivity contribution in [3.8, 4) is 0 Å². The number of ether oxygens (including phenoxy) is 1. The Hall–Kier alpha value is -2.96. The highest BCUT2D eigenvalue weighted by molar-refractivity contribution is 6.33. The van der Waals surface area contributed by atoms with Crippen molar-refractivity contribution in [2.45, 2.75) is 26.3 Å². The first kappa shape index (κ1) is 21.9. The minimum Gasteiger partial charge on any atom is -0.378 e. The van der Waals surface area contributed by atoms with Crippen LogP contribution in [0.4, 0.5) is 5.82 Å². The van der Waals surface area contributed by atoms with Crippen LogP contribution in [0.25, 0.3) is 0 Å². The van der Waals surface area contributed by atoms with Gasteiger partial charge in [-0.05, 0) is 24.6 Å². The number of hydrogen-bond acceptors (Lipinski definition) is 5. The Morgan fingerprint density at radius 1 is 1.06 bits per heavy atom. The first-order valence-electron chi connectivity index (χ1n) is 11.4. The Morgan fingerprint density at radius 3 is 2.67 bits per heavy atom. The van der Waals surface area contributed by atoms with E-state index in [1.165, 1.54) is 11.1 Å². The Bertz CT molecular complexity index is 1180. The molecule has 0 atom stereocenters. The first-order chi connectivity index (χ1) is 16.1. The SMILES string of the molecule is Cc1cccc(Cc2nc3c(c(N4CCOCC4)n2)CN(C(=O)c2ccccc2Cl)CC3)c1. The van der Waals surface area contributed by atoms with E-state index in [0.717, 1.165) is 36.0 Å². The zero-order valence-electron chi connectivity index (χ0n) is 18.8. The van der Waals surface area contributed by atoms with Gasteiger partial charge in [0.1, 0.15) is 11.6 Å². The second-order valence-corrected chi connectivity index (χ2v) is 9.02. The van der Waals surface area contributed by atoms with Gasteiger partial charge in [0.2, 0.25) is 0 Å². The number of amides is 1. The van der Waals surface area contributed by atoms with Gasteiger partial charge >= 0.3 is 0 Å².